The molecule has 1 unspecified atom stereocenters. The summed E-state index contributed by atoms with van der Waals surface area (Å²) < 4.78 is 0. The first-order chi connectivity index (χ1) is 4.87. The molecule has 2 heteroatoms. The van der Waals surface area contributed by atoms with Crippen molar-refractivity contribution in [2.45, 2.75) is 34.1 Å². The Bertz CT molecular complexity index is 135. The molecule has 1 nitrogen and oxygen atoms in total. The summed E-state index contributed by atoms with van der Waals surface area (Å²) in [6, 6.07) is 0. The molecule has 0 aromatic rings. The number of thiol groups is 1. The Morgan fingerprint density at radius 2 is 1.91 bits per heavy atom. The van der Waals surface area contributed by atoms with Gasteiger partial charge in [-0.15, -0.1) is 0 Å². The molecule has 66 valence electrons. The van der Waals surface area contributed by atoms with E-state index in [4.69, 9.17) is 0 Å². The van der Waals surface area contributed by atoms with Crippen LogP contribution in [0.4, 0.5) is 0 Å². The number of hydrogen-bond acceptors (Lipinski definition) is 2. The van der Waals surface area contributed by atoms with E-state index in [0.29, 0.717) is 5.75 Å². The van der Waals surface area contributed by atoms with Gasteiger partial charge in [-0.3, -0.25) is 4.79 Å². The first kappa shape index (κ1) is 11.0. The molecule has 0 N–H and O–H groups in total. The predicted molar refractivity (Wildman–Crippen MR) is 52.1 cm³/mol. The molecule has 0 aliphatic heterocycles. The van der Waals surface area contributed by atoms with Crippen molar-refractivity contribution in [2.24, 2.45) is 11.3 Å². The number of hydrogen-bond donors (Lipinski definition) is 1. The van der Waals surface area contributed by atoms with E-state index in [0.717, 1.165) is 6.42 Å². The summed E-state index contributed by atoms with van der Waals surface area (Å²) >= 11 is 4.15. The van der Waals surface area contributed by atoms with Crippen molar-refractivity contribution in [1.82, 2.24) is 0 Å². The zero-order chi connectivity index (χ0) is 9.07. The molecule has 0 rings (SSSR count). The van der Waals surface area contributed by atoms with Gasteiger partial charge >= 0.3 is 0 Å². The molecule has 0 fully saturated rings. The third-order valence-electron chi connectivity index (χ3n) is 1.65. The lowest BCUT2D eigenvalue weighted by Gasteiger charge is -2.22. The minimum absolute atomic E-state index is 0.137. The van der Waals surface area contributed by atoms with Gasteiger partial charge in [-0.1, -0.05) is 20.8 Å². The van der Waals surface area contributed by atoms with Crippen LogP contribution in [0.15, 0.2) is 0 Å². The average molecular weight is 174 g/mol. The van der Waals surface area contributed by atoms with Crippen LogP contribution in [0.5, 0.6) is 0 Å². The van der Waals surface area contributed by atoms with E-state index in [1.165, 1.54) is 0 Å². The van der Waals surface area contributed by atoms with Gasteiger partial charge in [0.2, 0.25) is 0 Å². The zero-order valence-corrected chi connectivity index (χ0v) is 8.74. The van der Waals surface area contributed by atoms with Crippen molar-refractivity contribution in [3.63, 3.8) is 0 Å². The Kier molecular flexibility index (Phi) is 4.16. The Hall–Kier alpha value is 0.0200. The normalized spacial score (nSPS) is 14.6. The van der Waals surface area contributed by atoms with Crippen LogP contribution in [0.1, 0.15) is 34.1 Å². The van der Waals surface area contributed by atoms with Crippen molar-refractivity contribution < 1.29 is 4.79 Å². The quantitative estimate of drug-likeness (QED) is 0.651. The summed E-state index contributed by atoms with van der Waals surface area (Å²) in [4.78, 5) is 11.0. The highest BCUT2D eigenvalue weighted by Crippen LogP contribution is 2.25. The summed E-state index contributed by atoms with van der Waals surface area (Å²) in [7, 11) is 0. The Balaban J connectivity index is 3.99. The average Bonchev–Trinajstić information content (AvgIpc) is 1.80. The maximum atomic E-state index is 11.0. The van der Waals surface area contributed by atoms with Gasteiger partial charge in [0.1, 0.15) is 5.78 Å². The third kappa shape index (κ3) is 5.31. The molecule has 0 aromatic heterocycles. The fourth-order valence-corrected chi connectivity index (χ4v) is 1.46. The zero-order valence-electron chi connectivity index (χ0n) is 7.85. The maximum absolute atomic E-state index is 11.0. The fourth-order valence-electron chi connectivity index (χ4n) is 1.08. The van der Waals surface area contributed by atoms with E-state index in [9.17, 15) is 4.79 Å². The predicted octanol–water partition coefficient (Wildman–Crippen LogP) is 2.56. The van der Waals surface area contributed by atoms with Gasteiger partial charge in [0.05, 0.1) is 0 Å². The second-order valence-corrected chi connectivity index (χ2v) is 4.62. The standard InChI is InChI=1S/C9H18OS/c1-7(10)8(6-11)5-9(2,3)4/h8,11H,5-6H2,1-4H3. The lowest BCUT2D eigenvalue weighted by molar-refractivity contribution is -0.120. The highest BCUT2D eigenvalue weighted by atomic mass is 32.1. The number of carbonyl (C=O) groups excluding carboxylic acids is 1. The second kappa shape index (κ2) is 4.15. The molecule has 0 radical (unpaired) electrons. The van der Waals surface area contributed by atoms with Crippen LogP contribution in [-0.4, -0.2) is 11.5 Å². The van der Waals surface area contributed by atoms with Crippen LogP contribution < -0.4 is 0 Å². The van der Waals surface area contributed by atoms with Gasteiger partial charge in [-0.2, -0.15) is 12.6 Å². The fraction of sp³-hybridized carbons (Fsp3) is 0.889. The van der Waals surface area contributed by atoms with Crippen molar-refractivity contribution >= 4 is 18.4 Å². The molecule has 0 saturated carbocycles. The summed E-state index contributed by atoms with van der Waals surface area (Å²) in [6.45, 7) is 8.08. The Morgan fingerprint density at radius 3 is 2.00 bits per heavy atom. The number of Topliss-reactive ketones (excluding diaryl/α,β-unsaturated/α-hetero) is 1. The molecule has 0 aliphatic carbocycles. The molecular weight excluding hydrogens is 156 g/mol. The summed E-state index contributed by atoms with van der Waals surface area (Å²) in [5, 5.41) is 0. The van der Waals surface area contributed by atoms with Gasteiger partial charge < -0.3 is 0 Å². The van der Waals surface area contributed by atoms with E-state index in [2.05, 4.69) is 33.4 Å². The summed E-state index contributed by atoms with van der Waals surface area (Å²) in [5.74, 6) is 1.07. The largest absolute Gasteiger partial charge is 0.300 e. The number of rotatable bonds is 3. The molecule has 0 saturated heterocycles. The topological polar surface area (TPSA) is 17.1 Å². The monoisotopic (exact) mass is 174 g/mol. The number of carbonyl (C=O) groups is 1. The van der Waals surface area contributed by atoms with Crippen molar-refractivity contribution in [1.29, 1.82) is 0 Å². The van der Waals surface area contributed by atoms with Crippen molar-refractivity contribution in [2.75, 3.05) is 5.75 Å². The van der Waals surface area contributed by atoms with E-state index in [-0.39, 0.29) is 17.1 Å². The van der Waals surface area contributed by atoms with E-state index in [1.807, 2.05) is 0 Å². The molecule has 0 aliphatic rings. The molecule has 0 spiro atoms. The Labute approximate surface area is 75.0 Å². The lowest BCUT2D eigenvalue weighted by atomic mass is 9.84. The maximum Gasteiger partial charge on any atom is 0.133 e. The van der Waals surface area contributed by atoms with Gasteiger partial charge in [-0.05, 0) is 24.5 Å². The van der Waals surface area contributed by atoms with E-state index in [1.54, 1.807) is 6.92 Å². The first-order valence-corrected chi connectivity index (χ1v) is 4.61. The lowest BCUT2D eigenvalue weighted by Crippen LogP contribution is -2.20. The Morgan fingerprint density at radius 1 is 1.45 bits per heavy atom. The minimum Gasteiger partial charge on any atom is -0.300 e. The number of ketones is 1. The summed E-state index contributed by atoms with van der Waals surface area (Å²) in [5.41, 5.74) is 0.235. The highest BCUT2D eigenvalue weighted by molar-refractivity contribution is 7.80. The summed E-state index contributed by atoms with van der Waals surface area (Å²) in [6.07, 6.45) is 0.936. The van der Waals surface area contributed by atoms with Gasteiger partial charge in [0, 0.05) is 5.92 Å². The van der Waals surface area contributed by atoms with Gasteiger partial charge in [0.25, 0.3) is 0 Å². The van der Waals surface area contributed by atoms with Crippen LogP contribution in [0.3, 0.4) is 0 Å². The smallest absolute Gasteiger partial charge is 0.133 e. The van der Waals surface area contributed by atoms with E-state index < -0.39 is 0 Å². The van der Waals surface area contributed by atoms with Crippen LogP contribution in [0.2, 0.25) is 0 Å². The molecule has 0 aromatic carbocycles. The molecular formula is C9H18OS. The molecule has 0 bridgehead atoms. The molecule has 11 heavy (non-hydrogen) atoms. The SMILES string of the molecule is CC(=O)C(CS)CC(C)(C)C. The third-order valence-corrected chi connectivity index (χ3v) is 2.09. The van der Waals surface area contributed by atoms with Crippen molar-refractivity contribution in [3.8, 4) is 0 Å². The molecule has 1 atom stereocenters. The first-order valence-electron chi connectivity index (χ1n) is 3.98. The van der Waals surface area contributed by atoms with Gasteiger partial charge in [0.15, 0.2) is 0 Å². The van der Waals surface area contributed by atoms with Crippen LogP contribution in [0, 0.1) is 11.3 Å². The van der Waals surface area contributed by atoms with Crippen molar-refractivity contribution in [3.05, 3.63) is 0 Å². The molecule has 0 amide bonds. The van der Waals surface area contributed by atoms with Crippen LogP contribution in [0.25, 0.3) is 0 Å². The van der Waals surface area contributed by atoms with Crippen LogP contribution >= 0.6 is 12.6 Å². The second-order valence-electron chi connectivity index (χ2n) is 4.25. The van der Waals surface area contributed by atoms with Crippen LogP contribution in [-0.2, 0) is 4.79 Å². The molecule has 0 heterocycles. The van der Waals surface area contributed by atoms with Gasteiger partial charge in [-0.25, -0.2) is 0 Å². The minimum atomic E-state index is 0.137. The highest BCUT2D eigenvalue weighted by Gasteiger charge is 2.20. The van der Waals surface area contributed by atoms with E-state index >= 15 is 0 Å².